The highest BCUT2D eigenvalue weighted by atomic mass is 32.2. The van der Waals surface area contributed by atoms with Gasteiger partial charge in [0.25, 0.3) is 5.91 Å². The number of hydrogen-bond acceptors (Lipinski definition) is 6. The number of piperazine rings is 1. The number of likely N-dealkylation sites (N-methyl/N-ethyl adjacent to an activating group) is 1. The van der Waals surface area contributed by atoms with Crippen molar-refractivity contribution in [2.45, 2.75) is 43.5 Å². The molecule has 0 bridgehead atoms. The Balaban J connectivity index is 1.25. The minimum Gasteiger partial charge on any atom is -0.321 e. The summed E-state index contributed by atoms with van der Waals surface area (Å²) in [6, 6.07) is 11.0. The molecular weight excluding hydrogens is 438 g/mol. The third-order valence-electron chi connectivity index (χ3n) is 6.75. The molecule has 0 atom stereocenters. The fourth-order valence-electron chi connectivity index (χ4n) is 4.62. The number of amides is 1. The van der Waals surface area contributed by atoms with Gasteiger partial charge in [0.05, 0.1) is 17.1 Å². The summed E-state index contributed by atoms with van der Waals surface area (Å²) in [6.07, 6.45) is 6.52. The number of nitrogens with zero attached hydrogens (tertiary/aromatic N) is 3. The molecule has 2 N–H and O–H groups in total. The smallest absolute Gasteiger partial charge is 0.255 e. The normalized spacial score (nSPS) is 22.7. The quantitative estimate of drug-likeness (QED) is 0.644. The van der Waals surface area contributed by atoms with Crippen LogP contribution in [0.3, 0.4) is 0 Å². The highest BCUT2D eigenvalue weighted by Gasteiger charge is 2.33. The van der Waals surface area contributed by atoms with Gasteiger partial charge in [-0.15, -0.1) is 0 Å². The lowest BCUT2D eigenvalue weighted by atomic mass is 9.93. The van der Waals surface area contributed by atoms with Gasteiger partial charge in [-0.25, -0.2) is 13.1 Å². The zero-order valence-electron chi connectivity index (χ0n) is 19.1. The molecule has 2 aliphatic rings. The number of aromatic nitrogens is 1. The zero-order chi connectivity index (χ0) is 23.3. The van der Waals surface area contributed by atoms with Gasteiger partial charge in [-0.05, 0) is 62.6 Å². The Kier molecular flexibility index (Phi) is 7.75. The largest absolute Gasteiger partial charge is 0.321 e. The van der Waals surface area contributed by atoms with Gasteiger partial charge in [0, 0.05) is 50.5 Å². The molecule has 2 aromatic rings. The molecule has 1 saturated heterocycles. The Hall–Kier alpha value is -2.33. The standard InChI is InChI=1S/C24H33N5O3S/c1-28-13-15-29(16-14-28)22-8-10-23(11-9-22)33(31,32)26-17-19-4-6-20(7-5-19)24(30)27-21-3-2-12-25-18-21/h2-7,12,18,22-23,26H,8-11,13-17H2,1H3,(H,27,30). The second-order valence-corrected chi connectivity index (χ2v) is 11.1. The monoisotopic (exact) mass is 471 g/mol. The average Bonchev–Trinajstić information content (AvgIpc) is 2.84. The molecule has 1 saturated carbocycles. The maximum atomic E-state index is 12.9. The molecule has 8 nitrogen and oxygen atoms in total. The van der Waals surface area contributed by atoms with Crippen molar-refractivity contribution >= 4 is 21.6 Å². The van der Waals surface area contributed by atoms with Crippen molar-refractivity contribution in [2.24, 2.45) is 0 Å². The SMILES string of the molecule is CN1CCN(C2CCC(S(=O)(=O)NCc3ccc(C(=O)Nc4cccnc4)cc3)CC2)CC1. The van der Waals surface area contributed by atoms with Crippen LogP contribution in [0.25, 0.3) is 0 Å². The molecule has 1 aromatic carbocycles. The number of benzene rings is 1. The van der Waals surface area contributed by atoms with Crippen molar-refractivity contribution in [1.29, 1.82) is 0 Å². The van der Waals surface area contributed by atoms with Crippen LogP contribution in [0.5, 0.6) is 0 Å². The molecule has 9 heteroatoms. The second-order valence-electron chi connectivity index (χ2n) is 9.03. The highest BCUT2D eigenvalue weighted by molar-refractivity contribution is 7.90. The Morgan fingerprint density at radius 3 is 2.36 bits per heavy atom. The predicted molar refractivity (Wildman–Crippen MR) is 130 cm³/mol. The zero-order valence-corrected chi connectivity index (χ0v) is 19.9. The first-order valence-electron chi connectivity index (χ1n) is 11.6. The minimum absolute atomic E-state index is 0.227. The molecule has 1 aliphatic carbocycles. The van der Waals surface area contributed by atoms with Crippen LogP contribution in [0.4, 0.5) is 5.69 Å². The van der Waals surface area contributed by atoms with E-state index in [1.165, 1.54) is 0 Å². The minimum atomic E-state index is -3.37. The number of carbonyl (C=O) groups is 1. The third-order valence-corrected chi connectivity index (χ3v) is 8.65. The van der Waals surface area contributed by atoms with Crippen molar-refractivity contribution in [3.8, 4) is 0 Å². The Labute approximate surface area is 196 Å². The van der Waals surface area contributed by atoms with E-state index < -0.39 is 10.0 Å². The van der Waals surface area contributed by atoms with E-state index in [1.54, 1.807) is 48.8 Å². The van der Waals surface area contributed by atoms with Crippen molar-refractivity contribution in [3.05, 3.63) is 59.9 Å². The Bertz CT molecular complexity index is 1010. The number of pyridine rings is 1. The maximum absolute atomic E-state index is 12.9. The van der Waals surface area contributed by atoms with Gasteiger partial charge in [-0.1, -0.05) is 12.1 Å². The van der Waals surface area contributed by atoms with Crippen molar-refractivity contribution in [1.82, 2.24) is 19.5 Å². The van der Waals surface area contributed by atoms with Crippen LogP contribution in [0, 0.1) is 0 Å². The van der Waals surface area contributed by atoms with Gasteiger partial charge < -0.3 is 10.2 Å². The van der Waals surface area contributed by atoms with Gasteiger partial charge in [0.15, 0.2) is 0 Å². The lowest BCUT2D eigenvalue weighted by Gasteiger charge is -2.40. The van der Waals surface area contributed by atoms with Gasteiger partial charge >= 0.3 is 0 Å². The van der Waals surface area contributed by atoms with Crippen LogP contribution in [-0.2, 0) is 16.6 Å². The molecule has 2 fully saturated rings. The van der Waals surface area contributed by atoms with Gasteiger partial charge in [0.2, 0.25) is 10.0 Å². The molecule has 1 amide bonds. The van der Waals surface area contributed by atoms with Gasteiger partial charge in [-0.2, -0.15) is 0 Å². The van der Waals surface area contributed by atoms with Crippen LogP contribution >= 0.6 is 0 Å². The summed E-state index contributed by atoms with van der Waals surface area (Å²) in [6.45, 7) is 4.55. The topological polar surface area (TPSA) is 94.6 Å². The van der Waals surface area contributed by atoms with Crippen LogP contribution in [0.15, 0.2) is 48.8 Å². The molecule has 178 valence electrons. The van der Waals surface area contributed by atoms with E-state index in [-0.39, 0.29) is 17.7 Å². The van der Waals surface area contributed by atoms with Crippen molar-refractivity contribution < 1.29 is 13.2 Å². The van der Waals surface area contributed by atoms with E-state index in [2.05, 4.69) is 31.9 Å². The van der Waals surface area contributed by atoms with Crippen molar-refractivity contribution in [2.75, 3.05) is 38.5 Å². The summed E-state index contributed by atoms with van der Waals surface area (Å²) in [5.41, 5.74) is 1.96. The maximum Gasteiger partial charge on any atom is 0.255 e. The van der Waals surface area contributed by atoms with E-state index in [0.29, 0.717) is 30.1 Å². The summed E-state index contributed by atoms with van der Waals surface area (Å²) in [5, 5.41) is 2.46. The van der Waals surface area contributed by atoms with E-state index in [1.807, 2.05) is 0 Å². The summed E-state index contributed by atoms with van der Waals surface area (Å²) >= 11 is 0. The first-order chi connectivity index (χ1) is 15.9. The number of nitrogens with one attached hydrogen (secondary N) is 2. The lowest BCUT2D eigenvalue weighted by Crippen LogP contribution is -2.51. The molecule has 1 aliphatic heterocycles. The molecule has 2 heterocycles. The van der Waals surface area contributed by atoms with E-state index in [9.17, 15) is 13.2 Å². The number of anilines is 1. The van der Waals surface area contributed by atoms with Crippen molar-refractivity contribution in [3.63, 3.8) is 0 Å². The van der Waals surface area contributed by atoms with Crippen LogP contribution in [0.2, 0.25) is 0 Å². The van der Waals surface area contributed by atoms with E-state index >= 15 is 0 Å². The predicted octanol–water partition coefficient (Wildman–Crippen LogP) is 2.31. The molecule has 4 rings (SSSR count). The highest BCUT2D eigenvalue weighted by Crippen LogP contribution is 2.28. The lowest BCUT2D eigenvalue weighted by molar-refractivity contribution is 0.0917. The number of hydrogen-bond donors (Lipinski definition) is 2. The molecule has 33 heavy (non-hydrogen) atoms. The first-order valence-corrected chi connectivity index (χ1v) is 13.2. The number of sulfonamides is 1. The second kappa shape index (κ2) is 10.7. The van der Waals surface area contributed by atoms with Gasteiger partial charge in [-0.3, -0.25) is 14.7 Å². The number of carbonyl (C=O) groups excluding carboxylic acids is 1. The van der Waals surface area contributed by atoms with Crippen LogP contribution < -0.4 is 10.0 Å². The van der Waals surface area contributed by atoms with Crippen LogP contribution in [-0.4, -0.2) is 73.6 Å². The molecule has 0 spiro atoms. The van der Waals surface area contributed by atoms with Crippen LogP contribution in [0.1, 0.15) is 41.6 Å². The third kappa shape index (κ3) is 6.38. The average molecular weight is 472 g/mol. The molecular formula is C24H33N5O3S. The first kappa shape index (κ1) is 23.8. The van der Waals surface area contributed by atoms with E-state index in [0.717, 1.165) is 44.6 Å². The summed E-state index contributed by atoms with van der Waals surface area (Å²) in [7, 11) is -1.22. The Morgan fingerprint density at radius 2 is 1.73 bits per heavy atom. The molecule has 0 unspecified atom stereocenters. The fraction of sp³-hybridized carbons (Fsp3) is 0.500. The Morgan fingerprint density at radius 1 is 1.03 bits per heavy atom. The molecule has 0 radical (unpaired) electrons. The number of rotatable bonds is 7. The summed E-state index contributed by atoms with van der Waals surface area (Å²) in [5.74, 6) is -0.229. The summed E-state index contributed by atoms with van der Waals surface area (Å²) in [4.78, 5) is 21.2. The van der Waals surface area contributed by atoms with E-state index in [4.69, 9.17) is 0 Å². The fourth-order valence-corrected chi connectivity index (χ4v) is 6.12. The van der Waals surface area contributed by atoms with Gasteiger partial charge in [0.1, 0.15) is 0 Å². The summed E-state index contributed by atoms with van der Waals surface area (Å²) < 4.78 is 28.5. The molecule has 1 aromatic heterocycles.